The van der Waals surface area contributed by atoms with Gasteiger partial charge in [-0.15, -0.1) is 6.58 Å². The Hall–Kier alpha value is -2.25. The monoisotopic (exact) mass is 352 g/mol. The standard InChI is InChI=1S/C16H18ClFN4O2/c1-5-16(19)8-20-14(21-13(16)15(23)24-4)9-6-7-10(17)12(11(9)18)22(2)3/h5-8,14H,1,19H2,2-4H3. The summed E-state index contributed by atoms with van der Waals surface area (Å²) in [5.74, 6) is -1.29. The van der Waals surface area contributed by atoms with Crippen LogP contribution in [0.25, 0.3) is 0 Å². The number of halogens is 2. The molecule has 0 saturated heterocycles. The zero-order chi connectivity index (χ0) is 18.1. The van der Waals surface area contributed by atoms with Crippen LogP contribution in [0.4, 0.5) is 10.1 Å². The normalized spacial score (nSPS) is 22.8. The Morgan fingerprint density at radius 2 is 2.21 bits per heavy atom. The van der Waals surface area contributed by atoms with Crippen LogP contribution >= 0.6 is 11.6 Å². The molecule has 1 aliphatic rings. The van der Waals surface area contributed by atoms with Crippen molar-refractivity contribution in [1.29, 1.82) is 0 Å². The molecule has 24 heavy (non-hydrogen) atoms. The van der Waals surface area contributed by atoms with Gasteiger partial charge in [0.15, 0.2) is 17.7 Å². The van der Waals surface area contributed by atoms with Crippen molar-refractivity contribution in [2.45, 2.75) is 11.7 Å². The molecule has 0 bridgehead atoms. The van der Waals surface area contributed by atoms with E-state index in [4.69, 9.17) is 22.1 Å². The number of hydrogen-bond donors (Lipinski definition) is 1. The first kappa shape index (κ1) is 18.1. The minimum atomic E-state index is -1.36. The lowest BCUT2D eigenvalue weighted by molar-refractivity contribution is -0.133. The lowest BCUT2D eigenvalue weighted by atomic mass is 9.93. The number of esters is 1. The Balaban J connectivity index is 2.57. The van der Waals surface area contributed by atoms with Crippen LogP contribution in [0, 0.1) is 5.82 Å². The molecule has 0 amide bonds. The summed E-state index contributed by atoms with van der Waals surface area (Å²) in [7, 11) is 4.55. The number of rotatable bonds is 4. The fraction of sp³-hybridized carbons (Fsp3) is 0.312. The number of benzene rings is 1. The minimum absolute atomic E-state index is 0.0965. The number of hydrogen-bond acceptors (Lipinski definition) is 6. The lowest BCUT2D eigenvalue weighted by Crippen LogP contribution is -2.53. The zero-order valence-electron chi connectivity index (χ0n) is 13.6. The van der Waals surface area contributed by atoms with Gasteiger partial charge in [-0.1, -0.05) is 23.7 Å². The molecular formula is C16H18ClFN4O2. The van der Waals surface area contributed by atoms with Gasteiger partial charge >= 0.3 is 5.97 Å². The molecule has 0 aromatic heterocycles. The maximum Gasteiger partial charge on any atom is 0.354 e. The van der Waals surface area contributed by atoms with Gasteiger partial charge in [0.1, 0.15) is 5.54 Å². The van der Waals surface area contributed by atoms with Crippen molar-refractivity contribution in [3.05, 3.63) is 41.2 Å². The summed E-state index contributed by atoms with van der Waals surface area (Å²) in [6.07, 6.45) is 1.67. The first-order chi connectivity index (χ1) is 11.2. The second-order valence-electron chi connectivity index (χ2n) is 5.45. The molecule has 0 saturated carbocycles. The number of methoxy groups -OCH3 is 1. The summed E-state index contributed by atoms with van der Waals surface area (Å²) in [6, 6.07) is 3.03. The summed E-state index contributed by atoms with van der Waals surface area (Å²) >= 11 is 6.04. The first-order valence-corrected chi connectivity index (χ1v) is 7.41. The molecule has 0 spiro atoms. The fourth-order valence-corrected chi connectivity index (χ4v) is 2.63. The third-order valence-electron chi connectivity index (χ3n) is 3.63. The van der Waals surface area contributed by atoms with E-state index in [0.29, 0.717) is 0 Å². The van der Waals surface area contributed by atoms with Gasteiger partial charge in [0.2, 0.25) is 0 Å². The second-order valence-corrected chi connectivity index (χ2v) is 5.86. The van der Waals surface area contributed by atoms with Crippen molar-refractivity contribution in [1.82, 2.24) is 0 Å². The highest BCUT2D eigenvalue weighted by molar-refractivity contribution is 6.44. The quantitative estimate of drug-likeness (QED) is 0.665. The summed E-state index contributed by atoms with van der Waals surface area (Å²) < 4.78 is 19.5. The number of aliphatic imine (C=N–C) groups is 2. The molecule has 6 nitrogen and oxygen atoms in total. The van der Waals surface area contributed by atoms with Gasteiger partial charge in [-0.3, -0.25) is 4.99 Å². The van der Waals surface area contributed by atoms with Crippen LogP contribution in [-0.2, 0) is 9.53 Å². The van der Waals surface area contributed by atoms with Crippen LogP contribution in [0.1, 0.15) is 11.7 Å². The number of ether oxygens (including phenoxy) is 1. The molecule has 0 aliphatic carbocycles. The van der Waals surface area contributed by atoms with E-state index in [-0.39, 0.29) is 22.0 Å². The van der Waals surface area contributed by atoms with E-state index >= 15 is 0 Å². The number of carbonyl (C=O) groups excluding carboxylic acids is 1. The first-order valence-electron chi connectivity index (χ1n) is 7.03. The van der Waals surface area contributed by atoms with Crippen molar-refractivity contribution >= 4 is 35.2 Å². The highest BCUT2D eigenvalue weighted by atomic mass is 35.5. The van der Waals surface area contributed by atoms with Gasteiger partial charge in [-0.25, -0.2) is 14.2 Å². The number of anilines is 1. The van der Waals surface area contributed by atoms with E-state index in [0.717, 1.165) is 0 Å². The van der Waals surface area contributed by atoms with Crippen LogP contribution in [0.5, 0.6) is 0 Å². The molecule has 128 valence electrons. The Morgan fingerprint density at radius 3 is 2.75 bits per heavy atom. The van der Waals surface area contributed by atoms with Crippen LogP contribution < -0.4 is 10.6 Å². The van der Waals surface area contributed by atoms with Crippen molar-refractivity contribution in [3.63, 3.8) is 0 Å². The summed E-state index contributed by atoms with van der Waals surface area (Å²) in [4.78, 5) is 21.9. The summed E-state index contributed by atoms with van der Waals surface area (Å²) in [6.45, 7) is 3.58. The average Bonchev–Trinajstić information content (AvgIpc) is 2.55. The maximum absolute atomic E-state index is 14.8. The number of nitrogens with zero attached hydrogens (tertiary/aromatic N) is 3. The van der Waals surface area contributed by atoms with Gasteiger partial charge < -0.3 is 15.4 Å². The molecule has 0 fully saturated rings. The van der Waals surface area contributed by atoms with E-state index in [1.54, 1.807) is 25.1 Å². The molecule has 2 atom stereocenters. The summed E-state index contributed by atoms with van der Waals surface area (Å²) in [5, 5.41) is 0.262. The van der Waals surface area contributed by atoms with Crippen LogP contribution in [0.15, 0.2) is 34.8 Å². The minimum Gasteiger partial charge on any atom is -0.464 e. The Labute approximate surface area is 144 Å². The van der Waals surface area contributed by atoms with E-state index in [9.17, 15) is 9.18 Å². The molecule has 1 aromatic rings. The van der Waals surface area contributed by atoms with E-state index in [2.05, 4.69) is 16.6 Å². The topological polar surface area (TPSA) is 80.3 Å². The Morgan fingerprint density at radius 1 is 1.54 bits per heavy atom. The highest BCUT2D eigenvalue weighted by Crippen LogP contribution is 2.35. The predicted octanol–water partition coefficient (Wildman–Crippen LogP) is 2.13. The molecule has 1 heterocycles. The van der Waals surface area contributed by atoms with Crippen LogP contribution in [0.2, 0.25) is 5.02 Å². The van der Waals surface area contributed by atoms with Crippen molar-refractivity contribution in [3.8, 4) is 0 Å². The van der Waals surface area contributed by atoms with Gasteiger partial charge in [0.25, 0.3) is 0 Å². The molecule has 2 unspecified atom stereocenters. The van der Waals surface area contributed by atoms with E-state index in [1.165, 1.54) is 25.5 Å². The van der Waals surface area contributed by atoms with Crippen molar-refractivity contribution in [2.24, 2.45) is 15.7 Å². The van der Waals surface area contributed by atoms with E-state index < -0.39 is 23.5 Å². The molecule has 1 aliphatic heterocycles. The maximum atomic E-state index is 14.8. The Bertz CT molecular complexity index is 748. The van der Waals surface area contributed by atoms with Gasteiger partial charge in [0, 0.05) is 25.9 Å². The molecule has 8 heteroatoms. The third-order valence-corrected chi connectivity index (χ3v) is 3.93. The fourth-order valence-electron chi connectivity index (χ4n) is 2.31. The number of nitrogens with two attached hydrogens (primary N) is 1. The SMILES string of the molecule is C=CC1(N)C=NC(c2ccc(Cl)c(N(C)C)c2F)N=C1C(=O)OC. The smallest absolute Gasteiger partial charge is 0.354 e. The average molecular weight is 353 g/mol. The molecule has 2 N–H and O–H groups in total. The zero-order valence-corrected chi connectivity index (χ0v) is 14.3. The summed E-state index contributed by atoms with van der Waals surface area (Å²) in [5.41, 5.74) is 4.97. The van der Waals surface area contributed by atoms with Gasteiger partial charge in [0.05, 0.1) is 17.8 Å². The predicted molar refractivity (Wildman–Crippen MR) is 93.5 cm³/mol. The van der Waals surface area contributed by atoms with E-state index in [1.807, 2.05) is 0 Å². The van der Waals surface area contributed by atoms with Crippen molar-refractivity contribution in [2.75, 3.05) is 26.1 Å². The number of carbonyl (C=O) groups is 1. The Kier molecular flexibility index (Phi) is 5.05. The lowest BCUT2D eigenvalue weighted by Gasteiger charge is -2.28. The van der Waals surface area contributed by atoms with Gasteiger partial charge in [-0.05, 0) is 6.07 Å². The highest BCUT2D eigenvalue weighted by Gasteiger charge is 2.37. The van der Waals surface area contributed by atoms with Crippen molar-refractivity contribution < 1.29 is 13.9 Å². The largest absolute Gasteiger partial charge is 0.464 e. The molecule has 2 rings (SSSR count). The molecule has 1 aromatic carbocycles. The second kappa shape index (κ2) is 6.70. The van der Waals surface area contributed by atoms with Crippen LogP contribution in [-0.4, -0.2) is 44.6 Å². The molecule has 0 radical (unpaired) electrons. The van der Waals surface area contributed by atoms with Crippen LogP contribution in [0.3, 0.4) is 0 Å². The molecular weight excluding hydrogens is 335 g/mol. The third kappa shape index (κ3) is 3.05. The van der Waals surface area contributed by atoms with Gasteiger partial charge in [-0.2, -0.15) is 0 Å².